The first-order valence-corrected chi connectivity index (χ1v) is 9.68. The quantitative estimate of drug-likeness (QED) is 0.638. The van der Waals surface area contributed by atoms with Crippen LogP contribution in [0.15, 0.2) is 51.7 Å². The minimum absolute atomic E-state index is 0.145. The largest absolute Gasteiger partial charge is 0.496 e. The fraction of sp³-hybridized carbons (Fsp3) is 0.304. The van der Waals surface area contributed by atoms with Gasteiger partial charge in [0, 0.05) is 24.6 Å². The van der Waals surface area contributed by atoms with E-state index in [0.29, 0.717) is 47.8 Å². The van der Waals surface area contributed by atoms with Crippen molar-refractivity contribution in [2.75, 3.05) is 26.8 Å². The van der Waals surface area contributed by atoms with Gasteiger partial charge in [-0.15, -0.1) is 0 Å². The zero-order chi connectivity index (χ0) is 20.4. The molecule has 0 aliphatic carbocycles. The summed E-state index contributed by atoms with van der Waals surface area (Å²) in [5.41, 5.74) is 2.09. The first-order chi connectivity index (χ1) is 14.0. The second kappa shape index (κ2) is 7.99. The number of ether oxygens (including phenoxy) is 2. The van der Waals surface area contributed by atoms with Gasteiger partial charge in [0.05, 0.1) is 13.7 Å². The Labute approximate surface area is 168 Å². The van der Waals surface area contributed by atoms with Crippen molar-refractivity contribution in [1.29, 1.82) is 0 Å². The molecule has 1 aromatic heterocycles. The van der Waals surface area contributed by atoms with Gasteiger partial charge in [0.25, 0.3) is 0 Å². The average molecular weight is 393 g/mol. The van der Waals surface area contributed by atoms with Crippen LogP contribution in [0.2, 0.25) is 0 Å². The second-order valence-corrected chi connectivity index (χ2v) is 7.17. The van der Waals surface area contributed by atoms with Crippen LogP contribution in [-0.4, -0.2) is 37.6 Å². The lowest BCUT2D eigenvalue weighted by Crippen LogP contribution is -2.29. The van der Waals surface area contributed by atoms with Crippen molar-refractivity contribution in [3.8, 4) is 22.8 Å². The highest BCUT2D eigenvalue weighted by atomic mass is 16.5. The van der Waals surface area contributed by atoms with Crippen LogP contribution < -0.4 is 14.9 Å². The number of aryl methyl sites for hydroxylation is 1. The molecule has 6 nitrogen and oxygen atoms in total. The molecule has 150 valence electrons. The van der Waals surface area contributed by atoms with Crippen LogP contribution in [0, 0.1) is 6.92 Å². The Kier molecular flexibility index (Phi) is 5.25. The molecule has 0 unspecified atom stereocenters. The number of carbonyl (C=O) groups excluding carboxylic acids is 1. The van der Waals surface area contributed by atoms with Gasteiger partial charge in [0.15, 0.2) is 5.43 Å². The van der Waals surface area contributed by atoms with Crippen molar-refractivity contribution in [2.45, 2.75) is 19.8 Å². The number of rotatable bonds is 6. The number of amides is 1. The zero-order valence-corrected chi connectivity index (χ0v) is 16.6. The van der Waals surface area contributed by atoms with Crippen LogP contribution in [0.25, 0.3) is 22.3 Å². The molecule has 0 N–H and O–H groups in total. The zero-order valence-electron chi connectivity index (χ0n) is 16.6. The molecule has 2 aromatic carbocycles. The highest BCUT2D eigenvalue weighted by Gasteiger charge is 2.19. The lowest BCUT2D eigenvalue weighted by Gasteiger charge is -2.15. The molecule has 0 spiro atoms. The normalized spacial score (nSPS) is 13.9. The molecule has 2 heterocycles. The molecule has 6 heteroatoms. The molecular formula is C23H23NO5. The minimum Gasteiger partial charge on any atom is -0.496 e. The van der Waals surface area contributed by atoms with Crippen molar-refractivity contribution in [3.05, 3.63) is 58.3 Å². The van der Waals surface area contributed by atoms with Crippen LogP contribution in [0.5, 0.6) is 11.5 Å². The van der Waals surface area contributed by atoms with E-state index in [1.54, 1.807) is 7.11 Å². The van der Waals surface area contributed by atoms with Crippen LogP contribution in [-0.2, 0) is 4.79 Å². The molecule has 1 fully saturated rings. The number of likely N-dealkylation sites (tertiary alicyclic amines) is 1. The van der Waals surface area contributed by atoms with Gasteiger partial charge in [0.1, 0.15) is 34.8 Å². The van der Waals surface area contributed by atoms with Crippen molar-refractivity contribution in [1.82, 2.24) is 4.90 Å². The molecule has 29 heavy (non-hydrogen) atoms. The van der Waals surface area contributed by atoms with E-state index < -0.39 is 0 Å². The standard InChI is InChI=1S/C23H23NO5/c1-15-12-20(27-2)23-18(25)14-19(29-21(23)13-15)16-5-7-17(8-6-16)28-11-10-24-9-3-4-22(24)26/h5-8,12-14H,3-4,9-11H2,1-2H3. The summed E-state index contributed by atoms with van der Waals surface area (Å²) >= 11 is 0. The molecular weight excluding hydrogens is 370 g/mol. The molecule has 1 saturated heterocycles. The fourth-order valence-electron chi connectivity index (χ4n) is 3.62. The van der Waals surface area contributed by atoms with Gasteiger partial charge < -0.3 is 18.8 Å². The topological polar surface area (TPSA) is 69.0 Å². The van der Waals surface area contributed by atoms with E-state index in [9.17, 15) is 9.59 Å². The third kappa shape index (κ3) is 3.97. The number of benzene rings is 2. The number of methoxy groups -OCH3 is 1. The van der Waals surface area contributed by atoms with Crippen molar-refractivity contribution in [3.63, 3.8) is 0 Å². The minimum atomic E-state index is -0.145. The number of carbonyl (C=O) groups is 1. The van der Waals surface area contributed by atoms with Crippen LogP contribution in [0.4, 0.5) is 0 Å². The van der Waals surface area contributed by atoms with Crippen LogP contribution in [0.3, 0.4) is 0 Å². The summed E-state index contributed by atoms with van der Waals surface area (Å²) in [4.78, 5) is 26.1. The van der Waals surface area contributed by atoms with Gasteiger partial charge in [-0.2, -0.15) is 0 Å². The summed E-state index contributed by atoms with van der Waals surface area (Å²) in [6.45, 7) is 3.79. The predicted octanol–water partition coefficient (Wildman–Crippen LogP) is 3.78. The summed E-state index contributed by atoms with van der Waals surface area (Å²) in [5.74, 6) is 1.91. The fourth-order valence-corrected chi connectivity index (χ4v) is 3.62. The third-order valence-corrected chi connectivity index (χ3v) is 5.10. The summed E-state index contributed by atoms with van der Waals surface area (Å²) in [6.07, 6.45) is 1.56. The van der Waals surface area contributed by atoms with Crippen molar-refractivity contribution in [2.24, 2.45) is 0 Å². The van der Waals surface area contributed by atoms with Crippen molar-refractivity contribution >= 4 is 16.9 Å². The van der Waals surface area contributed by atoms with E-state index in [1.165, 1.54) is 6.07 Å². The molecule has 0 bridgehead atoms. The van der Waals surface area contributed by atoms with Crippen LogP contribution in [0.1, 0.15) is 18.4 Å². The molecule has 1 aliphatic heterocycles. The Bertz CT molecular complexity index is 1100. The molecule has 0 saturated carbocycles. The Morgan fingerprint density at radius 2 is 1.90 bits per heavy atom. The van der Waals surface area contributed by atoms with E-state index in [1.807, 2.05) is 48.2 Å². The van der Waals surface area contributed by atoms with E-state index >= 15 is 0 Å². The van der Waals surface area contributed by atoms with Gasteiger partial charge in [-0.05, 0) is 55.3 Å². The molecule has 4 rings (SSSR count). The number of fused-ring (bicyclic) bond motifs is 1. The summed E-state index contributed by atoms with van der Waals surface area (Å²) in [5, 5.41) is 0.443. The summed E-state index contributed by atoms with van der Waals surface area (Å²) in [6, 6.07) is 12.5. The number of hydrogen-bond donors (Lipinski definition) is 0. The summed E-state index contributed by atoms with van der Waals surface area (Å²) in [7, 11) is 1.54. The first-order valence-electron chi connectivity index (χ1n) is 9.68. The van der Waals surface area contributed by atoms with Crippen LogP contribution >= 0.6 is 0 Å². The maximum atomic E-state index is 12.6. The second-order valence-electron chi connectivity index (χ2n) is 7.17. The van der Waals surface area contributed by atoms with E-state index in [-0.39, 0.29) is 11.3 Å². The van der Waals surface area contributed by atoms with Gasteiger partial charge in [-0.3, -0.25) is 9.59 Å². The lowest BCUT2D eigenvalue weighted by molar-refractivity contribution is -0.128. The predicted molar refractivity (Wildman–Crippen MR) is 111 cm³/mol. The maximum absolute atomic E-state index is 12.6. The van der Waals surface area contributed by atoms with Gasteiger partial charge >= 0.3 is 0 Å². The lowest BCUT2D eigenvalue weighted by atomic mass is 10.1. The first kappa shape index (κ1) is 19.1. The highest BCUT2D eigenvalue weighted by molar-refractivity contribution is 5.85. The molecule has 0 atom stereocenters. The molecule has 3 aromatic rings. The van der Waals surface area contributed by atoms with E-state index in [2.05, 4.69) is 0 Å². The highest BCUT2D eigenvalue weighted by Crippen LogP contribution is 2.29. The summed E-state index contributed by atoms with van der Waals surface area (Å²) < 4.78 is 17.1. The van der Waals surface area contributed by atoms with Gasteiger partial charge in [0.2, 0.25) is 5.91 Å². The van der Waals surface area contributed by atoms with E-state index in [4.69, 9.17) is 13.9 Å². The van der Waals surface area contributed by atoms with Gasteiger partial charge in [-0.1, -0.05) is 0 Å². The Morgan fingerprint density at radius 1 is 1.10 bits per heavy atom. The SMILES string of the molecule is COc1cc(C)cc2oc(-c3ccc(OCCN4CCCC4=O)cc3)cc(=O)c12. The Balaban J connectivity index is 1.52. The van der Waals surface area contributed by atoms with Gasteiger partial charge in [-0.25, -0.2) is 0 Å². The molecule has 1 amide bonds. The Morgan fingerprint density at radius 3 is 2.59 bits per heavy atom. The average Bonchev–Trinajstić information content (AvgIpc) is 3.12. The van der Waals surface area contributed by atoms with Crippen molar-refractivity contribution < 1.29 is 18.7 Å². The number of nitrogens with zero attached hydrogens (tertiary/aromatic N) is 1. The smallest absolute Gasteiger partial charge is 0.222 e. The molecule has 1 aliphatic rings. The monoisotopic (exact) mass is 393 g/mol. The Hall–Kier alpha value is -3.28. The van der Waals surface area contributed by atoms with E-state index in [0.717, 1.165) is 24.1 Å². The molecule has 0 radical (unpaired) electrons. The third-order valence-electron chi connectivity index (χ3n) is 5.10. The number of hydrogen-bond acceptors (Lipinski definition) is 5. The maximum Gasteiger partial charge on any atom is 0.222 e.